The van der Waals surface area contributed by atoms with E-state index < -0.39 is 36.5 Å². The summed E-state index contributed by atoms with van der Waals surface area (Å²) in [7, 11) is 0. The van der Waals surface area contributed by atoms with Crippen molar-refractivity contribution in [2.75, 3.05) is 38.5 Å². The minimum Gasteiger partial charge on any atom is -0.448 e. The van der Waals surface area contributed by atoms with E-state index in [2.05, 4.69) is 37.4 Å². The number of likely N-dealkylation sites (N-methyl/N-ethyl adjacent to an activating group) is 1. The second-order valence-corrected chi connectivity index (χ2v) is 10.0. The van der Waals surface area contributed by atoms with Crippen molar-refractivity contribution in [3.05, 3.63) is 12.2 Å². The highest BCUT2D eigenvalue weighted by atomic mass is 16.6. The first-order valence-corrected chi connectivity index (χ1v) is 13.2. The van der Waals surface area contributed by atoms with Gasteiger partial charge in [0, 0.05) is 32.6 Å². The number of amides is 3. The molecule has 0 bridgehead atoms. The van der Waals surface area contributed by atoms with Crippen molar-refractivity contribution in [1.82, 2.24) is 35.1 Å². The van der Waals surface area contributed by atoms with Gasteiger partial charge in [0.25, 0.3) is 5.91 Å². The van der Waals surface area contributed by atoms with E-state index in [4.69, 9.17) is 15.2 Å². The first kappa shape index (κ1) is 27.6. The lowest BCUT2D eigenvalue weighted by Gasteiger charge is -2.31. The number of nitrogens with zero attached hydrogens (tertiary/aromatic N) is 5. The van der Waals surface area contributed by atoms with Crippen LogP contribution in [0.1, 0.15) is 38.2 Å². The lowest BCUT2D eigenvalue weighted by molar-refractivity contribution is -0.137. The third-order valence-corrected chi connectivity index (χ3v) is 7.34. The molecule has 0 radical (unpaired) electrons. The van der Waals surface area contributed by atoms with Crippen LogP contribution in [0.25, 0.3) is 11.2 Å². The molecule has 2 aromatic heterocycles. The molecular formula is C25H32N8O7. The predicted octanol–water partition coefficient (Wildman–Crippen LogP) is -1.50. The van der Waals surface area contributed by atoms with E-state index in [9.17, 15) is 24.6 Å². The van der Waals surface area contributed by atoms with Gasteiger partial charge in [0.2, 0.25) is 11.7 Å². The molecule has 40 heavy (non-hydrogen) atoms. The highest BCUT2D eigenvalue weighted by Gasteiger charge is 2.47. The number of fused-ring (bicyclic) bond motifs is 1. The Balaban J connectivity index is 1.20. The van der Waals surface area contributed by atoms with Crippen molar-refractivity contribution >= 4 is 34.9 Å². The van der Waals surface area contributed by atoms with E-state index in [-0.39, 0.29) is 47.2 Å². The van der Waals surface area contributed by atoms with Gasteiger partial charge in [-0.15, -0.1) is 0 Å². The number of piperidine rings is 1. The minimum atomic E-state index is -1.44. The zero-order valence-corrected chi connectivity index (χ0v) is 21.9. The molecule has 2 aromatic rings. The van der Waals surface area contributed by atoms with Crippen LogP contribution >= 0.6 is 0 Å². The fourth-order valence-electron chi connectivity index (χ4n) is 4.88. The summed E-state index contributed by atoms with van der Waals surface area (Å²) >= 11 is 0. The molecule has 5 heterocycles. The van der Waals surface area contributed by atoms with Crippen molar-refractivity contribution in [2.45, 2.75) is 50.7 Å². The Hall–Kier alpha value is -4.00. The van der Waals surface area contributed by atoms with Crippen molar-refractivity contribution in [1.29, 1.82) is 0 Å². The Morgan fingerprint density at radius 1 is 1.27 bits per heavy atom. The largest absolute Gasteiger partial charge is 0.448 e. The topological polar surface area (TPSA) is 207 Å². The molecule has 2 unspecified atom stereocenters. The predicted molar refractivity (Wildman–Crippen MR) is 138 cm³/mol. The standard InChI is InChI=1S/C25H32N8O7/c1-2-27-23(37)19-17(34)18(35)24(40-19)33-12-29-16-20(26)30-15(31-21(16)33)5-3-4-13-6-8-32(9-7-13)25(38)39-11-14-10-28-22(14)36/h12-14,17-19,24,34-35H,2,4,6-11H2,1H3,(H,27,37)(H,28,36)(H2,26,30,31)/t14?,17?,18-,19-,24+/m0/s1. The number of likely N-dealkylation sites (tertiary alicyclic amines) is 1. The van der Waals surface area contributed by atoms with Crippen molar-refractivity contribution < 1.29 is 34.1 Å². The molecule has 3 aliphatic heterocycles. The van der Waals surface area contributed by atoms with Crippen LogP contribution in [0.15, 0.2) is 6.33 Å². The summed E-state index contributed by atoms with van der Waals surface area (Å²) in [4.78, 5) is 50.3. The average molecular weight is 557 g/mol. The Morgan fingerprint density at radius 3 is 2.73 bits per heavy atom. The number of β-lactam (4-membered cyclic amide) rings is 1. The zero-order valence-electron chi connectivity index (χ0n) is 21.9. The molecule has 5 rings (SSSR count). The number of nitrogens with one attached hydrogen (secondary N) is 2. The number of aliphatic hydroxyl groups excluding tert-OH is 2. The zero-order chi connectivity index (χ0) is 28.4. The number of ether oxygens (including phenoxy) is 2. The number of nitrogens with two attached hydrogens (primary N) is 1. The van der Waals surface area contributed by atoms with Crippen molar-refractivity contribution in [2.24, 2.45) is 11.8 Å². The number of hydrogen-bond donors (Lipinski definition) is 5. The van der Waals surface area contributed by atoms with Crippen LogP contribution < -0.4 is 16.4 Å². The summed E-state index contributed by atoms with van der Waals surface area (Å²) in [6, 6.07) is 0. The smallest absolute Gasteiger partial charge is 0.409 e. The maximum Gasteiger partial charge on any atom is 0.409 e. The number of aliphatic hydroxyl groups is 2. The number of hydrogen-bond acceptors (Lipinski definition) is 11. The molecule has 214 valence electrons. The number of carbonyl (C=O) groups excluding carboxylic acids is 3. The SMILES string of the molecule is CCNC(=O)[C@H]1O[C@@H](n2cnc3c(N)nc(C#CCC4CCN(C(=O)OCC5CNC5=O)CC4)nc32)[C@@H](O)C1O. The average Bonchev–Trinajstić information content (AvgIpc) is 3.49. The van der Waals surface area contributed by atoms with E-state index in [0.29, 0.717) is 32.6 Å². The molecular weight excluding hydrogens is 524 g/mol. The Bertz CT molecular complexity index is 1350. The molecule has 15 nitrogen and oxygen atoms in total. The lowest BCUT2D eigenvalue weighted by Crippen LogP contribution is -2.51. The van der Waals surface area contributed by atoms with E-state index in [0.717, 1.165) is 12.8 Å². The maximum atomic E-state index is 12.3. The molecule has 3 fully saturated rings. The van der Waals surface area contributed by atoms with Gasteiger partial charge >= 0.3 is 6.09 Å². The summed E-state index contributed by atoms with van der Waals surface area (Å²) in [5, 5.41) is 26.1. The highest BCUT2D eigenvalue weighted by molar-refractivity contribution is 5.85. The minimum absolute atomic E-state index is 0.0900. The lowest BCUT2D eigenvalue weighted by atomic mass is 9.94. The molecule has 5 atom stereocenters. The van der Waals surface area contributed by atoms with Crippen LogP contribution in [-0.4, -0.2) is 104 Å². The van der Waals surface area contributed by atoms with Gasteiger partial charge in [-0.3, -0.25) is 14.2 Å². The maximum absolute atomic E-state index is 12.3. The van der Waals surface area contributed by atoms with Crippen LogP contribution in [-0.2, 0) is 19.1 Å². The van der Waals surface area contributed by atoms with E-state index in [1.165, 1.54) is 10.9 Å². The van der Waals surface area contributed by atoms with Gasteiger partial charge in [0.15, 0.2) is 23.8 Å². The summed E-state index contributed by atoms with van der Waals surface area (Å²) < 4.78 is 12.3. The molecule has 15 heteroatoms. The summed E-state index contributed by atoms with van der Waals surface area (Å²) in [6.07, 6.45) is -2.19. The molecule has 0 aromatic carbocycles. The van der Waals surface area contributed by atoms with Gasteiger partial charge in [0.1, 0.15) is 24.3 Å². The Labute approximate surface area is 229 Å². The Kier molecular flexibility index (Phi) is 8.01. The van der Waals surface area contributed by atoms with Crippen molar-refractivity contribution in [3.63, 3.8) is 0 Å². The quantitative estimate of drug-likeness (QED) is 0.204. The van der Waals surface area contributed by atoms with Gasteiger partial charge in [0.05, 0.1) is 12.2 Å². The second kappa shape index (κ2) is 11.6. The second-order valence-electron chi connectivity index (χ2n) is 10.0. The van der Waals surface area contributed by atoms with Crippen LogP contribution in [0.4, 0.5) is 10.6 Å². The molecule has 3 saturated heterocycles. The number of imidazole rings is 1. The van der Waals surface area contributed by atoms with E-state index in [1.54, 1.807) is 11.8 Å². The third-order valence-electron chi connectivity index (χ3n) is 7.34. The van der Waals surface area contributed by atoms with E-state index >= 15 is 0 Å². The van der Waals surface area contributed by atoms with Gasteiger partial charge in [-0.05, 0) is 31.6 Å². The molecule has 0 aliphatic carbocycles. The number of rotatable bonds is 6. The number of carbonyl (C=O) groups is 3. The van der Waals surface area contributed by atoms with Crippen LogP contribution in [0, 0.1) is 23.7 Å². The molecule has 3 aliphatic rings. The first-order chi connectivity index (χ1) is 19.3. The van der Waals surface area contributed by atoms with Gasteiger partial charge < -0.3 is 41.0 Å². The molecule has 6 N–H and O–H groups in total. The molecule has 0 spiro atoms. The number of nitrogen functional groups attached to an aromatic ring is 1. The fraction of sp³-hybridized carbons (Fsp3) is 0.600. The number of anilines is 1. The third kappa shape index (κ3) is 5.51. The fourth-order valence-corrected chi connectivity index (χ4v) is 4.88. The van der Waals surface area contributed by atoms with E-state index in [1.807, 2.05) is 0 Å². The Morgan fingerprint density at radius 2 is 2.05 bits per heavy atom. The highest BCUT2D eigenvalue weighted by Crippen LogP contribution is 2.32. The van der Waals surface area contributed by atoms with Crippen molar-refractivity contribution in [3.8, 4) is 11.8 Å². The van der Waals surface area contributed by atoms with Gasteiger partial charge in [-0.2, -0.15) is 0 Å². The monoisotopic (exact) mass is 556 g/mol. The van der Waals surface area contributed by atoms with Crippen LogP contribution in [0.5, 0.6) is 0 Å². The summed E-state index contributed by atoms with van der Waals surface area (Å²) in [6.45, 7) is 3.81. The first-order valence-electron chi connectivity index (χ1n) is 13.2. The van der Waals surface area contributed by atoms with Crippen LogP contribution in [0.2, 0.25) is 0 Å². The van der Waals surface area contributed by atoms with Gasteiger partial charge in [-0.25, -0.2) is 19.7 Å². The summed E-state index contributed by atoms with van der Waals surface area (Å²) in [5.74, 6) is 5.65. The molecule has 3 amide bonds. The van der Waals surface area contributed by atoms with Crippen LogP contribution in [0.3, 0.4) is 0 Å². The summed E-state index contributed by atoms with van der Waals surface area (Å²) in [5.41, 5.74) is 6.60. The number of aromatic nitrogens is 4. The van der Waals surface area contributed by atoms with Gasteiger partial charge in [-0.1, -0.05) is 5.92 Å². The normalized spacial score (nSPS) is 26.5. The molecule has 0 saturated carbocycles.